The molecular weight excluding hydrogens is 156 g/mol. The first-order valence-electron chi connectivity index (χ1n) is 3.85. The summed E-state index contributed by atoms with van der Waals surface area (Å²) >= 11 is 0. The molecule has 3 heteroatoms. The number of cyclic esters (lactones) is 2. The second-order valence-electron chi connectivity index (χ2n) is 3.58. The molecule has 1 unspecified atom stereocenters. The minimum absolute atomic E-state index is 0.178. The minimum atomic E-state index is -0.431. The highest BCUT2D eigenvalue weighted by Crippen LogP contribution is 2.35. The maximum absolute atomic E-state index is 11.1. The van der Waals surface area contributed by atoms with Crippen molar-refractivity contribution in [3.05, 3.63) is 12.7 Å². The van der Waals surface area contributed by atoms with Crippen LogP contribution >= 0.6 is 0 Å². The number of ether oxygens (including phenoxy) is 1. The lowest BCUT2D eigenvalue weighted by Crippen LogP contribution is -2.25. The van der Waals surface area contributed by atoms with E-state index in [0.717, 1.165) is 0 Å². The number of allylic oxidation sites excluding steroid dienone is 1. The molecule has 0 saturated carbocycles. The second kappa shape index (κ2) is 2.73. The van der Waals surface area contributed by atoms with Gasteiger partial charge in [-0.15, -0.1) is 6.58 Å². The summed E-state index contributed by atoms with van der Waals surface area (Å²) in [5.41, 5.74) is -0.358. The lowest BCUT2D eigenvalue weighted by Gasteiger charge is -2.23. The van der Waals surface area contributed by atoms with E-state index in [4.69, 9.17) is 0 Å². The monoisotopic (exact) mass is 168 g/mol. The van der Waals surface area contributed by atoms with Crippen molar-refractivity contribution in [2.75, 3.05) is 0 Å². The average Bonchev–Trinajstić information content (AvgIpc) is 2.31. The van der Waals surface area contributed by atoms with E-state index in [-0.39, 0.29) is 17.8 Å². The van der Waals surface area contributed by atoms with Crippen molar-refractivity contribution < 1.29 is 14.3 Å². The van der Waals surface area contributed by atoms with Crippen molar-refractivity contribution in [3.8, 4) is 0 Å². The number of carbonyl (C=O) groups excluding carboxylic acids is 2. The molecule has 1 saturated heterocycles. The molecule has 0 amide bonds. The van der Waals surface area contributed by atoms with Crippen molar-refractivity contribution >= 4 is 11.9 Å². The Morgan fingerprint density at radius 3 is 2.50 bits per heavy atom. The Labute approximate surface area is 71.4 Å². The van der Waals surface area contributed by atoms with Crippen molar-refractivity contribution in [3.63, 3.8) is 0 Å². The van der Waals surface area contributed by atoms with Gasteiger partial charge >= 0.3 is 11.9 Å². The van der Waals surface area contributed by atoms with Crippen LogP contribution in [0.3, 0.4) is 0 Å². The summed E-state index contributed by atoms with van der Waals surface area (Å²) in [6.07, 6.45) is 1.86. The van der Waals surface area contributed by atoms with E-state index in [2.05, 4.69) is 11.3 Å². The Hall–Kier alpha value is -1.12. The van der Waals surface area contributed by atoms with Crippen LogP contribution in [-0.4, -0.2) is 11.9 Å². The van der Waals surface area contributed by atoms with Crippen LogP contribution in [0.2, 0.25) is 0 Å². The molecule has 0 aromatic heterocycles. The van der Waals surface area contributed by atoms with E-state index in [1.54, 1.807) is 6.08 Å². The van der Waals surface area contributed by atoms with Gasteiger partial charge in [0, 0.05) is 0 Å². The number of esters is 2. The van der Waals surface area contributed by atoms with Gasteiger partial charge in [0.05, 0.1) is 12.3 Å². The number of hydrogen-bond acceptors (Lipinski definition) is 3. The second-order valence-corrected chi connectivity index (χ2v) is 3.58. The number of carbonyl (C=O) groups is 2. The maximum atomic E-state index is 11.1. The SMILES string of the molecule is C=CC(C)(C)C1CC(=O)OC1=O. The molecule has 0 aromatic rings. The molecule has 0 aromatic carbocycles. The lowest BCUT2D eigenvalue weighted by atomic mass is 9.78. The van der Waals surface area contributed by atoms with E-state index in [1.165, 1.54) is 0 Å². The van der Waals surface area contributed by atoms with Gasteiger partial charge in [-0.25, -0.2) is 0 Å². The van der Waals surface area contributed by atoms with E-state index in [0.29, 0.717) is 0 Å². The van der Waals surface area contributed by atoms with Crippen LogP contribution in [0.1, 0.15) is 20.3 Å². The molecule has 1 fully saturated rings. The molecule has 0 spiro atoms. The first-order valence-corrected chi connectivity index (χ1v) is 3.85. The Bertz CT molecular complexity index is 240. The van der Waals surface area contributed by atoms with E-state index >= 15 is 0 Å². The van der Waals surface area contributed by atoms with Gasteiger partial charge in [-0.05, 0) is 5.41 Å². The molecule has 66 valence electrons. The van der Waals surface area contributed by atoms with Crippen molar-refractivity contribution in [2.24, 2.45) is 11.3 Å². The van der Waals surface area contributed by atoms with Crippen molar-refractivity contribution in [1.82, 2.24) is 0 Å². The molecule has 1 heterocycles. The van der Waals surface area contributed by atoms with E-state index in [1.807, 2.05) is 13.8 Å². The molecule has 0 N–H and O–H groups in total. The summed E-state index contributed by atoms with van der Waals surface area (Å²) in [7, 11) is 0. The maximum Gasteiger partial charge on any atom is 0.318 e. The smallest absolute Gasteiger partial charge is 0.318 e. The van der Waals surface area contributed by atoms with Gasteiger partial charge in [-0.2, -0.15) is 0 Å². The molecule has 0 bridgehead atoms. The van der Waals surface area contributed by atoms with Gasteiger partial charge in [-0.1, -0.05) is 19.9 Å². The molecule has 0 aliphatic carbocycles. The van der Waals surface area contributed by atoms with Gasteiger partial charge in [0.2, 0.25) is 0 Å². The van der Waals surface area contributed by atoms with Gasteiger partial charge < -0.3 is 4.74 Å². The third-order valence-electron chi connectivity index (χ3n) is 2.29. The molecule has 1 aliphatic heterocycles. The molecule has 12 heavy (non-hydrogen) atoms. The third-order valence-corrected chi connectivity index (χ3v) is 2.29. The van der Waals surface area contributed by atoms with Gasteiger partial charge in [0.15, 0.2) is 0 Å². The van der Waals surface area contributed by atoms with Crippen LogP contribution in [0.15, 0.2) is 12.7 Å². The Balaban J connectivity index is 2.83. The Morgan fingerprint density at radius 2 is 2.17 bits per heavy atom. The molecule has 0 radical (unpaired) electrons. The van der Waals surface area contributed by atoms with Crippen LogP contribution in [0.5, 0.6) is 0 Å². The highest BCUT2D eigenvalue weighted by Gasteiger charge is 2.42. The molecular formula is C9H12O3. The number of hydrogen-bond donors (Lipinski definition) is 0. The summed E-state index contributed by atoms with van der Waals surface area (Å²) in [5.74, 6) is -1.22. The molecule has 1 aliphatic rings. The summed E-state index contributed by atoms with van der Waals surface area (Å²) < 4.78 is 4.44. The fourth-order valence-electron chi connectivity index (χ4n) is 1.18. The van der Waals surface area contributed by atoms with Crippen LogP contribution in [-0.2, 0) is 14.3 Å². The van der Waals surface area contributed by atoms with Crippen LogP contribution in [0.25, 0.3) is 0 Å². The van der Waals surface area contributed by atoms with Crippen LogP contribution in [0.4, 0.5) is 0 Å². The summed E-state index contributed by atoms with van der Waals surface area (Å²) in [6, 6.07) is 0. The predicted molar refractivity (Wildman–Crippen MR) is 43.2 cm³/mol. The zero-order valence-corrected chi connectivity index (χ0v) is 7.29. The van der Waals surface area contributed by atoms with Gasteiger partial charge in [0.25, 0.3) is 0 Å². The average molecular weight is 168 g/mol. The van der Waals surface area contributed by atoms with E-state index in [9.17, 15) is 9.59 Å². The lowest BCUT2D eigenvalue weighted by molar-refractivity contribution is -0.153. The molecule has 1 rings (SSSR count). The highest BCUT2D eigenvalue weighted by molar-refractivity contribution is 5.95. The van der Waals surface area contributed by atoms with Crippen molar-refractivity contribution in [2.45, 2.75) is 20.3 Å². The zero-order valence-electron chi connectivity index (χ0n) is 7.29. The number of rotatable bonds is 2. The first-order chi connectivity index (χ1) is 5.47. The van der Waals surface area contributed by atoms with E-state index < -0.39 is 11.9 Å². The normalized spacial score (nSPS) is 24.0. The standard InChI is InChI=1S/C9H12O3/c1-4-9(2,3)6-5-7(10)12-8(6)11/h4,6H,1,5H2,2-3H3. The Kier molecular flexibility index (Phi) is 2.04. The minimum Gasteiger partial charge on any atom is -0.393 e. The quantitative estimate of drug-likeness (QED) is 0.354. The van der Waals surface area contributed by atoms with Gasteiger partial charge in [-0.3, -0.25) is 9.59 Å². The summed E-state index contributed by atoms with van der Waals surface area (Å²) in [5, 5.41) is 0. The topological polar surface area (TPSA) is 43.4 Å². The zero-order chi connectivity index (χ0) is 9.35. The summed E-state index contributed by atoms with van der Waals surface area (Å²) in [6.45, 7) is 7.35. The van der Waals surface area contributed by atoms with Gasteiger partial charge in [0.1, 0.15) is 0 Å². The van der Waals surface area contributed by atoms with Crippen molar-refractivity contribution in [1.29, 1.82) is 0 Å². The van der Waals surface area contributed by atoms with Crippen LogP contribution < -0.4 is 0 Å². The van der Waals surface area contributed by atoms with Crippen LogP contribution in [0, 0.1) is 11.3 Å². The molecule has 3 nitrogen and oxygen atoms in total. The highest BCUT2D eigenvalue weighted by atomic mass is 16.6. The first kappa shape index (κ1) is 8.97. The summed E-state index contributed by atoms with van der Waals surface area (Å²) in [4.78, 5) is 21.8. The largest absolute Gasteiger partial charge is 0.393 e. The third kappa shape index (κ3) is 1.40. The fourth-order valence-corrected chi connectivity index (χ4v) is 1.18. The molecule has 1 atom stereocenters. The predicted octanol–water partition coefficient (Wildman–Crippen LogP) is 1.29. The fraction of sp³-hybridized carbons (Fsp3) is 0.556. The Morgan fingerprint density at radius 1 is 1.58 bits per heavy atom.